The molecule has 116 valence electrons. The summed E-state index contributed by atoms with van der Waals surface area (Å²) in [5.41, 5.74) is 1.27. The standard InChI is InChI=1S/C14H26N4S.HI/c1-7-10(2)17-13(15-6)16-8-12-18-11(9-19-12)14(3,4)5;/h9-10H,7-8H2,1-6H3,(H2,15,16,17);1H. The molecule has 0 saturated heterocycles. The van der Waals surface area contributed by atoms with Crippen molar-refractivity contribution >= 4 is 41.3 Å². The molecule has 0 aliphatic rings. The van der Waals surface area contributed by atoms with Gasteiger partial charge in [-0.05, 0) is 13.3 Å². The number of hydrogen-bond acceptors (Lipinski definition) is 3. The van der Waals surface area contributed by atoms with E-state index in [0.29, 0.717) is 6.04 Å². The third-order valence-corrected chi connectivity index (χ3v) is 3.80. The first-order chi connectivity index (χ1) is 8.86. The van der Waals surface area contributed by atoms with Crippen LogP contribution >= 0.6 is 35.3 Å². The van der Waals surface area contributed by atoms with Gasteiger partial charge in [0.15, 0.2) is 5.96 Å². The summed E-state index contributed by atoms with van der Waals surface area (Å²) in [5.74, 6) is 0.835. The van der Waals surface area contributed by atoms with E-state index in [1.54, 1.807) is 18.4 Å². The third-order valence-electron chi connectivity index (χ3n) is 2.95. The fourth-order valence-electron chi connectivity index (χ4n) is 1.43. The molecule has 1 unspecified atom stereocenters. The number of aromatic nitrogens is 1. The highest BCUT2D eigenvalue weighted by atomic mass is 127. The Kier molecular flexibility index (Phi) is 8.65. The van der Waals surface area contributed by atoms with E-state index < -0.39 is 0 Å². The number of hydrogen-bond donors (Lipinski definition) is 2. The summed E-state index contributed by atoms with van der Waals surface area (Å²) in [6, 6.07) is 0.424. The van der Waals surface area contributed by atoms with Gasteiger partial charge in [0, 0.05) is 23.9 Å². The van der Waals surface area contributed by atoms with Gasteiger partial charge in [-0.3, -0.25) is 4.99 Å². The van der Waals surface area contributed by atoms with Crippen molar-refractivity contribution in [3.63, 3.8) is 0 Å². The van der Waals surface area contributed by atoms with E-state index >= 15 is 0 Å². The Hall–Kier alpha value is -0.370. The molecule has 2 N–H and O–H groups in total. The molecular formula is C14H27IN4S. The maximum Gasteiger partial charge on any atom is 0.191 e. The molecule has 20 heavy (non-hydrogen) atoms. The Bertz CT molecular complexity index is 423. The zero-order valence-electron chi connectivity index (χ0n) is 13.3. The van der Waals surface area contributed by atoms with Crippen LogP contribution in [-0.4, -0.2) is 24.0 Å². The van der Waals surface area contributed by atoms with Crippen LogP contribution in [0.25, 0.3) is 0 Å². The fourth-order valence-corrected chi connectivity index (χ4v) is 2.39. The van der Waals surface area contributed by atoms with E-state index in [-0.39, 0.29) is 29.4 Å². The van der Waals surface area contributed by atoms with Crippen LogP contribution in [0.5, 0.6) is 0 Å². The summed E-state index contributed by atoms with van der Waals surface area (Å²) in [4.78, 5) is 8.88. The summed E-state index contributed by atoms with van der Waals surface area (Å²) >= 11 is 1.70. The zero-order chi connectivity index (χ0) is 14.5. The fraction of sp³-hybridized carbons (Fsp3) is 0.714. The van der Waals surface area contributed by atoms with Gasteiger partial charge in [-0.1, -0.05) is 27.7 Å². The molecule has 0 saturated carbocycles. The Morgan fingerprint density at radius 3 is 2.55 bits per heavy atom. The second kappa shape index (κ2) is 8.81. The molecule has 4 nitrogen and oxygen atoms in total. The van der Waals surface area contributed by atoms with Crippen LogP contribution in [0.3, 0.4) is 0 Å². The molecule has 0 fully saturated rings. The third kappa shape index (κ3) is 6.39. The second-order valence-electron chi connectivity index (χ2n) is 5.76. The first-order valence-electron chi connectivity index (χ1n) is 6.79. The second-order valence-corrected chi connectivity index (χ2v) is 6.70. The molecule has 1 aromatic heterocycles. The smallest absolute Gasteiger partial charge is 0.191 e. The highest BCUT2D eigenvalue weighted by molar-refractivity contribution is 14.0. The van der Waals surface area contributed by atoms with Gasteiger partial charge in [-0.2, -0.15) is 0 Å². The van der Waals surface area contributed by atoms with Crippen molar-refractivity contribution in [2.45, 2.75) is 59.0 Å². The number of thiazole rings is 1. The Morgan fingerprint density at radius 1 is 1.45 bits per heavy atom. The number of nitrogens with zero attached hydrogens (tertiary/aromatic N) is 2. The van der Waals surface area contributed by atoms with Crippen LogP contribution in [0.2, 0.25) is 0 Å². The predicted molar refractivity (Wildman–Crippen MR) is 99.3 cm³/mol. The van der Waals surface area contributed by atoms with Crippen molar-refractivity contribution in [2.24, 2.45) is 4.99 Å². The molecule has 1 rings (SSSR count). The van der Waals surface area contributed by atoms with Crippen LogP contribution in [0, 0.1) is 0 Å². The molecule has 6 heteroatoms. The molecule has 0 spiro atoms. The number of nitrogens with one attached hydrogen (secondary N) is 2. The van der Waals surface area contributed by atoms with E-state index in [0.717, 1.165) is 29.6 Å². The summed E-state index contributed by atoms with van der Waals surface area (Å²) in [6.45, 7) is 11.6. The zero-order valence-corrected chi connectivity index (χ0v) is 16.4. The lowest BCUT2D eigenvalue weighted by Crippen LogP contribution is -2.41. The minimum absolute atomic E-state index is 0. The van der Waals surface area contributed by atoms with Gasteiger partial charge in [0.05, 0.1) is 12.2 Å². The number of rotatable bonds is 4. The van der Waals surface area contributed by atoms with Crippen LogP contribution in [-0.2, 0) is 12.0 Å². The minimum Gasteiger partial charge on any atom is -0.354 e. The van der Waals surface area contributed by atoms with Crippen molar-refractivity contribution in [1.29, 1.82) is 0 Å². The Balaban J connectivity index is 0.00000361. The lowest BCUT2D eigenvalue weighted by molar-refractivity contribution is 0.570. The molecule has 1 atom stereocenters. The van der Waals surface area contributed by atoms with Gasteiger partial charge < -0.3 is 10.6 Å². The highest BCUT2D eigenvalue weighted by Crippen LogP contribution is 2.23. The molecular weight excluding hydrogens is 383 g/mol. The SMILES string of the molecule is CCC(C)NC(=NC)NCc1nc(C(C)(C)C)cs1.I. The average molecular weight is 410 g/mol. The Morgan fingerprint density at radius 2 is 2.10 bits per heavy atom. The van der Waals surface area contributed by atoms with Crippen molar-refractivity contribution in [3.05, 3.63) is 16.1 Å². The normalized spacial score (nSPS) is 13.6. The van der Waals surface area contributed by atoms with Gasteiger partial charge in [0.1, 0.15) is 5.01 Å². The molecule has 1 aromatic rings. The molecule has 0 bridgehead atoms. The lowest BCUT2D eigenvalue weighted by Gasteiger charge is -2.16. The van der Waals surface area contributed by atoms with Crippen LogP contribution < -0.4 is 10.6 Å². The number of halogens is 1. The minimum atomic E-state index is 0. The number of guanidine groups is 1. The predicted octanol–water partition coefficient (Wildman–Crippen LogP) is 3.52. The van der Waals surface area contributed by atoms with Crippen molar-refractivity contribution in [3.8, 4) is 0 Å². The van der Waals surface area contributed by atoms with Gasteiger partial charge in [0.2, 0.25) is 0 Å². The first kappa shape index (κ1) is 19.6. The van der Waals surface area contributed by atoms with Crippen molar-refractivity contribution < 1.29 is 0 Å². The number of aliphatic imine (C=N–C) groups is 1. The lowest BCUT2D eigenvalue weighted by atomic mass is 9.93. The maximum atomic E-state index is 4.66. The van der Waals surface area contributed by atoms with E-state index in [1.165, 1.54) is 0 Å². The molecule has 1 heterocycles. The quantitative estimate of drug-likeness (QED) is 0.454. The van der Waals surface area contributed by atoms with Crippen LogP contribution in [0.4, 0.5) is 0 Å². The molecule has 0 amide bonds. The van der Waals surface area contributed by atoms with Gasteiger partial charge in [-0.25, -0.2) is 4.98 Å². The maximum absolute atomic E-state index is 4.66. The molecule has 0 aliphatic carbocycles. The monoisotopic (exact) mass is 410 g/mol. The van der Waals surface area contributed by atoms with E-state index in [9.17, 15) is 0 Å². The van der Waals surface area contributed by atoms with Crippen LogP contribution in [0.15, 0.2) is 10.4 Å². The summed E-state index contributed by atoms with van der Waals surface area (Å²) < 4.78 is 0. The highest BCUT2D eigenvalue weighted by Gasteiger charge is 2.17. The first-order valence-corrected chi connectivity index (χ1v) is 7.66. The van der Waals surface area contributed by atoms with Crippen molar-refractivity contribution in [1.82, 2.24) is 15.6 Å². The van der Waals surface area contributed by atoms with E-state index in [1.807, 2.05) is 0 Å². The molecule has 0 aromatic carbocycles. The largest absolute Gasteiger partial charge is 0.354 e. The van der Waals surface area contributed by atoms with E-state index in [2.05, 4.69) is 60.6 Å². The van der Waals surface area contributed by atoms with Gasteiger partial charge in [-0.15, -0.1) is 35.3 Å². The van der Waals surface area contributed by atoms with Crippen molar-refractivity contribution in [2.75, 3.05) is 7.05 Å². The van der Waals surface area contributed by atoms with E-state index in [4.69, 9.17) is 0 Å². The van der Waals surface area contributed by atoms with Crippen LogP contribution in [0.1, 0.15) is 51.7 Å². The average Bonchev–Trinajstić information content (AvgIpc) is 2.82. The summed E-state index contributed by atoms with van der Waals surface area (Å²) in [5, 5.41) is 9.88. The Labute approximate surface area is 143 Å². The van der Waals surface area contributed by atoms with Gasteiger partial charge >= 0.3 is 0 Å². The molecule has 0 aliphatic heterocycles. The summed E-state index contributed by atoms with van der Waals surface area (Å²) in [7, 11) is 1.79. The summed E-state index contributed by atoms with van der Waals surface area (Å²) in [6.07, 6.45) is 1.08. The topological polar surface area (TPSA) is 49.3 Å². The molecule has 0 radical (unpaired) electrons. The van der Waals surface area contributed by atoms with Gasteiger partial charge in [0.25, 0.3) is 0 Å².